The molecule has 1 saturated heterocycles. The molecule has 328 valence electrons. The molecule has 4 rings (SSSR count). The van der Waals surface area contributed by atoms with Gasteiger partial charge in [0, 0.05) is 51.5 Å². The van der Waals surface area contributed by atoms with Crippen LogP contribution < -0.4 is 0 Å². The van der Waals surface area contributed by atoms with Crippen LogP contribution in [0.1, 0.15) is 119 Å². The molecule has 2 aliphatic heterocycles. The first kappa shape index (κ1) is 47.9. The van der Waals surface area contributed by atoms with Crippen molar-refractivity contribution in [1.82, 2.24) is 4.90 Å². The Bertz CT molecular complexity index is 1530. The molecule has 2 saturated carbocycles. The Morgan fingerprint density at radius 2 is 1.62 bits per heavy atom. The van der Waals surface area contributed by atoms with E-state index in [0.717, 1.165) is 5.57 Å². The average Bonchev–Trinajstić information content (AvgIpc) is 3.19. The SMILES string of the molecule is C=CC[C@@H]1/C=C(\C)C[C@H](C)C[C@H](OC)[C@@]2(C)C[C@@](O)(C(=O)C(=O)N3CCCC[C@H]3C(=O)O[C@H](/C(C)=C/[C@@H]3CC[C@@H](O)[C@H](OC)C3)[C@H](C)[C@@H](O)CC1=O)[C@H](C)C[C@@H]2OC. The summed E-state index contributed by atoms with van der Waals surface area (Å²) in [6, 6.07) is -1.10. The van der Waals surface area contributed by atoms with Crippen LogP contribution in [0.4, 0.5) is 0 Å². The van der Waals surface area contributed by atoms with E-state index in [1.54, 1.807) is 41.3 Å². The topological polar surface area (TPSA) is 169 Å². The van der Waals surface area contributed by atoms with Crippen molar-refractivity contribution in [2.45, 2.75) is 167 Å². The number of hydrogen-bond donors (Lipinski definition) is 3. The second-order valence-corrected chi connectivity index (χ2v) is 18.5. The van der Waals surface area contributed by atoms with Gasteiger partial charge in [0.05, 0.1) is 30.5 Å². The summed E-state index contributed by atoms with van der Waals surface area (Å²) >= 11 is 0. The maximum Gasteiger partial charge on any atom is 0.329 e. The molecule has 58 heavy (non-hydrogen) atoms. The molecular weight excluding hydrogens is 743 g/mol. The van der Waals surface area contributed by atoms with E-state index < -0.39 is 76.9 Å². The van der Waals surface area contributed by atoms with E-state index >= 15 is 0 Å². The lowest BCUT2D eigenvalue weighted by atomic mass is 9.58. The van der Waals surface area contributed by atoms with Crippen molar-refractivity contribution in [3.05, 3.63) is 36.0 Å². The molecule has 0 radical (unpaired) electrons. The zero-order valence-corrected chi connectivity index (χ0v) is 36.6. The Morgan fingerprint density at radius 3 is 2.26 bits per heavy atom. The highest BCUT2D eigenvalue weighted by Gasteiger charge is 2.60. The number of rotatable bonds is 7. The van der Waals surface area contributed by atoms with Gasteiger partial charge in [0.1, 0.15) is 23.5 Å². The Labute approximate surface area is 346 Å². The number of aliphatic hydroxyl groups excluding tert-OH is 2. The van der Waals surface area contributed by atoms with Crippen LogP contribution >= 0.6 is 0 Å². The quantitative estimate of drug-likeness (QED) is 0.164. The number of allylic oxidation sites excluding steroid dienone is 4. The molecule has 12 nitrogen and oxygen atoms in total. The van der Waals surface area contributed by atoms with Crippen molar-refractivity contribution in [3.63, 3.8) is 0 Å². The largest absolute Gasteiger partial charge is 0.456 e. The van der Waals surface area contributed by atoms with Gasteiger partial charge in [0.25, 0.3) is 11.7 Å². The minimum atomic E-state index is -2.05. The molecule has 2 aliphatic carbocycles. The third-order valence-corrected chi connectivity index (χ3v) is 14.1. The number of piperidine rings is 1. The summed E-state index contributed by atoms with van der Waals surface area (Å²) in [5, 5.41) is 34.6. The lowest BCUT2D eigenvalue weighted by Gasteiger charge is -2.53. The predicted octanol–water partition coefficient (Wildman–Crippen LogP) is 5.69. The summed E-state index contributed by atoms with van der Waals surface area (Å²) in [4.78, 5) is 58.5. The molecule has 0 spiro atoms. The summed E-state index contributed by atoms with van der Waals surface area (Å²) in [7, 11) is 4.79. The molecule has 4 aliphatic rings. The second-order valence-electron chi connectivity index (χ2n) is 18.5. The van der Waals surface area contributed by atoms with Crippen LogP contribution in [0.25, 0.3) is 0 Å². The van der Waals surface area contributed by atoms with Crippen molar-refractivity contribution in [2.24, 2.45) is 35.0 Å². The standard InChI is InChI=1S/C46H73NO11/c1-11-14-33-20-27(2)19-28(3)21-39(56-9)45(7)26-46(54,30(5)23-40(45)57-10)42(51)43(52)47-18-13-12-15-34(47)44(53)58-41(31(6)36(49)25-37(33)50)29(4)22-32-16-17-35(48)38(24-32)55-8/h11,20,22,28,30-36,38-41,48-49,54H,1,12-19,21,23-26H2,2-10H3/b27-20+,29-22+/t28-,30+,31+,32-,33+,34-,35+,36-,38+,39-,40-,41+,45+,46-/m0/s1. The second kappa shape index (κ2) is 20.7. The van der Waals surface area contributed by atoms with Crippen LogP contribution in [0, 0.1) is 35.0 Å². The maximum absolute atomic E-state index is 14.5. The maximum atomic E-state index is 14.5. The molecule has 0 aromatic carbocycles. The molecule has 3 fully saturated rings. The number of carbonyl (C=O) groups is 4. The predicted molar refractivity (Wildman–Crippen MR) is 220 cm³/mol. The van der Waals surface area contributed by atoms with Gasteiger partial charge in [-0.2, -0.15) is 0 Å². The summed E-state index contributed by atoms with van der Waals surface area (Å²) in [6.45, 7) is 15.4. The third kappa shape index (κ3) is 10.8. The first-order valence-electron chi connectivity index (χ1n) is 21.6. The van der Waals surface area contributed by atoms with E-state index in [1.165, 1.54) is 4.90 Å². The Morgan fingerprint density at radius 1 is 0.948 bits per heavy atom. The number of Topliss-reactive ketones (excluding diaryl/α,β-unsaturated/α-hetero) is 2. The van der Waals surface area contributed by atoms with Gasteiger partial charge in [-0.25, -0.2) is 4.79 Å². The molecule has 1 amide bonds. The number of esters is 1. The van der Waals surface area contributed by atoms with Gasteiger partial charge >= 0.3 is 5.97 Å². The van der Waals surface area contributed by atoms with Crippen molar-refractivity contribution in [2.75, 3.05) is 27.9 Å². The highest BCUT2D eigenvalue weighted by molar-refractivity contribution is 6.39. The minimum absolute atomic E-state index is 0.000320. The van der Waals surface area contributed by atoms with E-state index in [2.05, 4.69) is 13.5 Å². The van der Waals surface area contributed by atoms with Crippen LogP contribution in [0.3, 0.4) is 0 Å². The fraction of sp³-hybridized carbons (Fsp3) is 0.783. The molecule has 0 aromatic heterocycles. The Hall–Kier alpha value is -2.74. The van der Waals surface area contributed by atoms with Crippen molar-refractivity contribution >= 4 is 23.4 Å². The lowest BCUT2D eigenvalue weighted by molar-refractivity contribution is -0.196. The number of ether oxygens (including phenoxy) is 4. The van der Waals surface area contributed by atoms with Gasteiger partial charge < -0.3 is 39.2 Å². The van der Waals surface area contributed by atoms with Crippen molar-refractivity contribution < 1.29 is 53.4 Å². The Balaban J connectivity index is 1.80. The molecular formula is C46H73NO11. The Kier molecular flexibility index (Phi) is 17.1. The minimum Gasteiger partial charge on any atom is -0.456 e. The van der Waals surface area contributed by atoms with Crippen LogP contribution in [0.15, 0.2) is 36.0 Å². The summed E-state index contributed by atoms with van der Waals surface area (Å²) in [5.74, 6) is -4.56. The van der Waals surface area contributed by atoms with Crippen molar-refractivity contribution in [3.8, 4) is 0 Å². The monoisotopic (exact) mass is 816 g/mol. The molecule has 12 heteroatoms. The first-order valence-corrected chi connectivity index (χ1v) is 21.6. The lowest BCUT2D eigenvalue weighted by Crippen LogP contribution is -2.64. The smallest absolute Gasteiger partial charge is 0.329 e. The number of methoxy groups -OCH3 is 3. The molecule has 2 bridgehead atoms. The summed E-state index contributed by atoms with van der Waals surface area (Å²) in [6.07, 6.45) is 6.62. The molecule has 0 aromatic rings. The number of nitrogens with zero attached hydrogens (tertiary/aromatic N) is 1. The van der Waals surface area contributed by atoms with E-state index in [4.69, 9.17) is 18.9 Å². The normalized spacial score (nSPS) is 41.8. The van der Waals surface area contributed by atoms with Crippen LogP contribution in [0.2, 0.25) is 0 Å². The number of carbonyl (C=O) groups excluding carboxylic acids is 4. The van der Waals surface area contributed by atoms with Gasteiger partial charge in [-0.05, 0) is 108 Å². The van der Waals surface area contributed by atoms with Gasteiger partial charge in [-0.15, -0.1) is 6.58 Å². The first-order chi connectivity index (χ1) is 27.3. The van der Waals surface area contributed by atoms with E-state index in [0.29, 0.717) is 63.4 Å². The van der Waals surface area contributed by atoms with E-state index in [9.17, 15) is 34.5 Å². The summed E-state index contributed by atoms with van der Waals surface area (Å²) < 4.78 is 24.0. The highest BCUT2D eigenvalue weighted by Crippen LogP contribution is 2.51. The number of hydrogen-bond acceptors (Lipinski definition) is 11. The summed E-state index contributed by atoms with van der Waals surface area (Å²) in [5.41, 5.74) is -1.25. The van der Waals surface area contributed by atoms with E-state index in [1.807, 2.05) is 32.9 Å². The molecule has 3 N–H and O–H groups in total. The van der Waals surface area contributed by atoms with Gasteiger partial charge in [-0.1, -0.05) is 51.5 Å². The fourth-order valence-corrected chi connectivity index (χ4v) is 10.5. The van der Waals surface area contributed by atoms with Crippen LogP contribution in [-0.4, -0.2) is 120 Å². The zero-order valence-electron chi connectivity index (χ0n) is 36.6. The fourth-order valence-electron chi connectivity index (χ4n) is 10.5. The third-order valence-electron chi connectivity index (χ3n) is 14.1. The van der Waals surface area contributed by atoms with E-state index in [-0.39, 0.29) is 55.6 Å². The number of amides is 1. The average molecular weight is 816 g/mol. The highest BCUT2D eigenvalue weighted by atomic mass is 16.5. The van der Waals surface area contributed by atoms with Crippen LogP contribution in [-0.2, 0) is 38.1 Å². The van der Waals surface area contributed by atoms with Gasteiger partial charge in [0.2, 0.25) is 0 Å². The van der Waals surface area contributed by atoms with Gasteiger partial charge in [0.15, 0.2) is 0 Å². The number of cyclic esters (lactones) is 1. The molecule has 0 unspecified atom stereocenters. The van der Waals surface area contributed by atoms with Crippen LogP contribution in [0.5, 0.6) is 0 Å². The number of fused-ring (bicyclic) bond motifs is 3. The number of ketones is 2. The van der Waals surface area contributed by atoms with Gasteiger partial charge in [-0.3, -0.25) is 14.4 Å². The number of aliphatic hydroxyl groups is 3. The zero-order chi connectivity index (χ0) is 43.1. The molecule has 14 atom stereocenters. The van der Waals surface area contributed by atoms with Crippen molar-refractivity contribution in [1.29, 1.82) is 0 Å². The molecule has 2 heterocycles.